The van der Waals surface area contributed by atoms with Crippen LogP contribution >= 0.6 is 11.6 Å². The first-order chi connectivity index (χ1) is 10.1. The Morgan fingerprint density at radius 3 is 2.62 bits per heavy atom. The second-order valence-corrected chi connectivity index (χ2v) is 5.84. The fraction of sp³-hybridized carbons (Fsp3) is 0.353. The maximum Gasteiger partial charge on any atom is 0.232 e. The molecule has 1 heterocycles. The third-order valence-electron chi connectivity index (χ3n) is 2.96. The first-order valence-electron chi connectivity index (χ1n) is 7.17. The molecular weight excluding hydrogens is 284 g/mol. The quantitative estimate of drug-likeness (QED) is 0.837. The highest BCUT2D eigenvalue weighted by molar-refractivity contribution is 6.31. The number of nitrogens with one attached hydrogen (secondary N) is 1. The molecule has 0 aliphatic heterocycles. The van der Waals surface area contributed by atoms with E-state index in [9.17, 15) is 0 Å². The summed E-state index contributed by atoms with van der Waals surface area (Å²) < 4.78 is 5.66. The minimum Gasteiger partial charge on any atom is -0.472 e. The van der Waals surface area contributed by atoms with E-state index in [-0.39, 0.29) is 0 Å². The molecule has 1 N–H and O–H groups in total. The molecule has 1 aromatic heterocycles. The molecule has 0 radical (unpaired) electrons. The number of rotatable bonds is 7. The van der Waals surface area contributed by atoms with Crippen LogP contribution in [0.4, 0.5) is 0 Å². The molecule has 0 spiro atoms. The van der Waals surface area contributed by atoms with Gasteiger partial charge >= 0.3 is 0 Å². The van der Waals surface area contributed by atoms with Gasteiger partial charge in [0.15, 0.2) is 0 Å². The van der Waals surface area contributed by atoms with E-state index in [0.29, 0.717) is 23.4 Å². The van der Waals surface area contributed by atoms with Crippen molar-refractivity contribution in [1.82, 2.24) is 10.3 Å². The van der Waals surface area contributed by atoms with Crippen LogP contribution in [0.3, 0.4) is 0 Å². The molecule has 4 heteroatoms. The number of aromatic nitrogens is 1. The van der Waals surface area contributed by atoms with Crippen LogP contribution in [0.5, 0.6) is 5.88 Å². The van der Waals surface area contributed by atoms with Crippen LogP contribution in [0, 0.1) is 5.92 Å². The molecule has 0 atom stereocenters. The zero-order valence-corrected chi connectivity index (χ0v) is 13.2. The average Bonchev–Trinajstić information content (AvgIpc) is 2.47. The highest BCUT2D eigenvalue weighted by Gasteiger charge is 2.05. The van der Waals surface area contributed by atoms with Crippen molar-refractivity contribution in [3.63, 3.8) is 0 Å². The van der Waals surface area contributed by atoms with Gasteiger partial charge in [0.25, 0.3) is 0 Å². The van der Waals surface area contributed by atoms with Crippen LogP contribution in [0.15, 0.2) is 42.6 Å². The summed E-state index contributed by atoms with van der Waals surface area (Å²) >= 11 is 6.22. The molecule has 2 rings (SSSR count). The molecule has 0 bridgehead atoms. The second kappa shape index (κ2) is 8.01. The monoisotopic (exact) mass is 304 g/mol. The maximum atomic E-state index is 6.22. The van der Waals surface area contributed by atoms with Crippen LogP contribution in [-0.4, -0.2) is 11.5 Å². The minimum absolute atomic E-state index is 0.471. The van der Waals surface area contributed by atoms with Gasteiger partial charge in [0.1, 0.15) is 11.6 Å². The standard InChI is InChI=1S/C17H21ClN2O/c1-13(2)9-19-10-15-8-16(18)17(20-11-15)21-12-14-6-4-3-5-7-14/h3-8,11,13,19H,9-10,12H2,1-2H3. The lowest BCUT2D eigenvalue weighted by molar-refractivity contribution is 0.294. The van der Waals surface area contributed by atoms with Gasteiger partial charge in [0.05, 0.1) is 0 Å². The number of benzene rings is 1. The predicted octanol–water partition coefficient (Wildman–Crippen LogP) is 4.06. The van der Waals surface area contributed by atoms with Crippen molar-refractivity contribution in [2.24, 2.45) is 5.92 Å². The fourth-order valence-electron chi connectivity index (χ4n) is 1.90. The van der Waals surface area contributed by atoms with Crippen molar-refractivity contribution in [2.75, 3.05) is 6.54 Å². The highest BCUT2D eigenvalue weighted by Crippen LogP contribution is 2.23. The topological polar surface area (TPSA) is 34.2 Å². The van der Waals surface area contributed by atoms with E-state index in [1.54, 1.807) is 6.20 Å². The molecule has 0 aliphatic carbocycles. The normalized spacial score (nSPS) is 10.9. The molecule has 3 nitrogen and oxygen atoms in total. The largest absolute Gasteiger partial charge is 0.472 e. The van der Waals surface area contributed by atoms with E-state index in [0.717, 1.165) is 24.2 Å². The molecule has 0 amide bonds. The third-order valence-corrected chi connectivity index (χ3v) is 3.23. The van der Waals surface area contributed by atoms with Gasteiger partial charge in [-0.1, -0.05) is 55.8 Å². The summed E-state index contributed by atoms with van der Waals surface area (Å²) in [6.45, 7) is 6.57. The van der Waals surface area contributed by atoms with Crippen molar-refractivity contribution in [3.05, 3.63) is 58.7 Å². The molecule has 0 saturated carbocycles. The average molecular weight is 305 g/mol. The van der Waals surface area contributed by atoms with Crippen LogP contribution in [0.2, 0.25) is 5.02 Å². The first kappa shape index (κ1) is 15.8. The minimum atomic E-state index is 0.471. The van der Waals surface area contributed by atoms with Crippen LogP contribution < -0.4 is 10.1 Å². The summed E-state index contributed by atoms with van der Waals surface area (Å²) in [4.78, 5) is 4.30. The Labute approximate surface area is 131 Å². The van der Waals surface area contributed by atoms with Gasteiger partial charge in [0.2, 0.25) is 5.88 Å². The second-order valence-electron chi connectivity index (χ2n) is 5.43. The highest BCUT2D eigenvalue weighted by atomic mass is 35.5. The summed E-state index contributed by atoms with van der Waals surface area (Å²) in [6, 6.07) is 11.9. The lowest BCUT2D eigenvalue weighted by atomic mass is 10.2. The Kier molecular flexibility index (Phi) is 6.03. The summed E-state index contributed by atoms with van der Waals surface area (Å²) in [5.74, 6) is 1.11. The lowest BCUT2D eigenvalue weighted by Gasteiger charge is -2.10. The lowest BCUT2D eigenvalue weighted by Crippen LogP contribution is -2.19. The number of hydrogen-bond acceptors (Lipinski definition) is 3. The van der Waals surface area contributed by atoms with Crippen molar-refractivity contribution in [1.29, 1.82) is 0 Å². The summed E-state index contributed by atoms with van der Waals surface area (Å²) in [7, 11) is 0. The van der Waals surface area contributed by atoms with E-state index < -0.39 is 0 Å². The molecule has 112 valence electrons. The molecule has 0 saturated heterocycles. The van der Waals surface area contributed by atoms with Gasteiger partial charge in [-0.25, -0.2) is 4.98 Å². The Bertz CT molecular complexity index is 558. The van der Waals surface area contributed by atoms with Gasteiger partial charge in [-0.05, 0) is 29.7 Å². The summed E-state index contributed by atoms with van der Waals surface area (Å²) in [6.07, 6.45) is 1.81. The molecular formula is C17H21ClN2O. The Morgan fingerprint density at radius 1 is 1.19 bits per heavy atom. The van der Waals surface area contributed by atoms with Crippen molar-refractivity contribution in [3.8, 4) is 5.88 Å². The predicted molar refractivity (Wildman–Crippen MR) is 86.6 cm³/mol. The Balaban J connectivity index is 1.90. The smallest absolute Gasteiger partial charge is 0.232 e. The third kappa shape index (κ3) is 5.37. The molecule has 0 aliphatic rings. The number of ether oxygens (including phenoxy) is 1. The van der Waals surface area contributed by atoms with Crippen molar-refractivity contribution < 1.29 is 4.74 Å². The fourth-order valence-corrected chi connectivity index (χ4v) is 2.14. The molecule has 1 aromatic carbocycles. The maximum absolute atomic E-state index is 6.22. The van der Waals surface area contributed by atoms with Gasteiger partial charge < -0.3 is 10.1 Å². The van der Waals surface area contributed by atoms with Gasteiger partial charge in [-0.15, -0.1) is 0 Å². The van der Waals surface area contributed by atoms with E-state index in [1.807, 2.05) is 36.4 Å². The van der Waals surface area contributed by atoms with Crippen LogP contribution in [-0.2, 0) is 13.2 Å². The zero-order chi connectivity index (χ0) is 15.1. The van der Waals surface area contributed by atoms with E-state index >= 15 is 0 Å². The van der Waals surface area contributed by atoms with Crippen molar-refractivity contribution in [2.45, 2.75) is 27.0 Å². The summed E-state index contributed by atoms with van der Waals surface area (Å²) in [5, 5.41) is 3.92. The van der Waals surface area contributed by atoms with E-state index in [1.165, 1.54) is 0 Å². The van der Waals surface area contributed by atoms with Crippen LogP contribution in [0.25, 0.3) is 0 Å². The van der Waals surface area contributed by atoms with Crippen LogP contribution in [0.1, 0.15) is 25.0 Å². The number of nitrogens with zero attached hydrogens (tertiary/aromatic N) is 1. The van der Waals surface area contributed by atoms with E-state index in [2.05, 4.69) is 24.1 Å². The zero-order valence-electron chi connectivity index (χ0n) is 12.5. The molecule has 0 unspecified atom stereocenters. The number of halogens is 1. The Morgan fingerprint density at radius 2 is 1.95 bits per heavy atom. The molecule has 21 heavy (non-hydrogen) atoms. The number of hydrogen-bond donors (Lipinski definition) is 1. The van der Waals surface area contributed by atoms with Gasteiger partial charge in [-0.2, -0.15) is 0 Å². The SMILES string of the molecule is CC(C)CNCc1cnc(OCc2ccccc2)c(Cl)c1. The van der Waals surface area contributed by atoms with Gasteiger partial charge in [-0.3, -0.25) is 0 Å². The van der Waals surface area contributed by atoms with Crippen molar-refractivity contribution >= 4 is 11.6 Å². The molecule has 2 aromatic rings. The Hall–Kier alpha value is -1.58. The van der Waals surface area contributed by atoms with Gasteiger partial charge in [0, 0.05) is 12.7 Å². The number of pyridine rings is 1. The summed E-state index contributed by atoms with van der Waals surface area (Å²) in [5.41, 5.74) is 2.16. The molecule has 0 fully saturated rings. The van der Waals surface area contributed by atoms with E-state index in [4.69, 9.17) is 16.3 Å². The first-order valence-corrected chi connectivity index (χ1v) is 7.55.